The van der Waals surface area contributed by atoms with E-state index in [1.165, 1.54) is 17.0 Å². The zero-order chi connectivity index (χ0) is 22.1. The normalized spacial score (nSPS) is 17.6. The molecule has 0 spiro atoms. The molecule has 1 fully saturated rings. The number of methoxy groups -OCH3 is 1. The first-order chi connectivity index (χ1) is 14.1. The van der Waals surface area contributed by atoms with Crippen LogP contribution in [0.4, 0.5) is 5.69 Å². The standard InChI is InChI=1S/C23H30N2O4S/c1-16-8-11-21(29-5)22(13-16)30(27,28)25-12-6-7-19(15-25)23(26)24(4)20-10-9-17(2)18(3)14-20/h8-11,13-14,19H,6-7,12,15H2,1-5H3/t19-/m1/s1. The van der Waals surface area contributed by atoms with Crippen molar-refractivity contribution < 1.29 is 17.9 Å². The van der Waals surface area contributed by atoms with Crippen molar-refractivity contribution in [2.75, 3.05) is 32.1 Å². The minimum atomic E-state index is -3.76. The SMILES string of the molecule is COc1ccc(C)cc1S(=O)(=O)N1CCC[C@@H](C(=O)N(C)c2ccc(C)c(C)c2)C1. The first kappa shape index (κ1) is 22.3. The maximum Gasteiger partial charge on any atom is 0.246 e. The predicted molar refractivity (Wildman–Crippen MR) is 119 cm³/mol. The van der Waals surface area contributed by atoms with Gasteiger partial charge < -0.3 is 9.64 Å². The molecule has 6 nitrogen and oxygen atoms in total. The lowest BCUT2D eigenvalue weighted by Gasteiger charge is -2.33. The van der Waals surface area contributed by atoms with Gasteiger partial charge >= 0.3 is 0 Å². The summed E-state index contributed by atoms with van der Waals surface area (Å²) in [4.78, 5) is 15.0. The summed E-state index contributed by atoms with van der Waals surface area (Å²) >= 11 is 0. The van der Waals surface area contributed by atoms with Crippen molar-refractivity contribution in [1.82, 2.24) is 4.31 Å². The fraction of sp³-hybridized carbons (Fsp3) is 0.435. The zero-order valence-corrected chi connectivity index (χ0v) is 19.1. The third-order valence-corrected chi connectivity index (χ3v) is 7.77. The monoisotopic (exact) mass is 430 g/mol. The Morgan fingerprint density at radius 3 is 2.50 bits per heavy atom. The molecule has 0 aromatic heterocycles. The van der Waals surface area contributed by atoms with Crippen LogP contribution in [0.1, 0.15) is 29.5 Å². The molecule has 1 atom stereocenters. The van der Waals surface area contributed by atoms with Crippen molar-refractivity contribution in [3.8, 4) is 5.75 Å². The summed E-state index contributed by atoms with van der Waals surface area (Å²) in [5.74, 6) is -0.119. The van der Waals surface area contributed by atoms with E-state index in [0.29, 0.717) is 25.1 Å². The summed E-state index contributed by atoms with van der Waals surface area (Å²) in [5, 5.41) is 0. The zero-order valence-electron chi connectivity index (χ0n) is 18.3. The van der Waals surface area contributed by atoms with Gasteiger partial charge in [0.25, 0.3) is 0 Å². The molecule has 1 aliphatic heterocycles. The molecule has 0 saturated carbocycles. The summed E-state index contributed by atoms with van der Waals surface area (Å²) in [6.07, 6.45) is 1.32. The smallest absolute Gasteiger partial charge is 0.246 e. The minimum absolute atomic E-state index is 0.0608. The van der Waals surface area contributed by atoms with Crippen LogP contribution in [0.15, 0.2) is 41.3 Å². The Hall–Kier alpha value is -2.38. The molecular formula is C23H30N2O4S. The van der Waals surface area contributed by atoms with Crippen LogP contribution in [0.2, 0.25) is 0 Å². The predicted octanol–water partition coefficient (Wildman–Crippen LogP) is 3.68. The van der Waals surface area contributed by atoms with Gasteiger partial charge in [0.2, 0.25) is 15.9 Å². The fourth-order valence-corrected chi connectivity index (χ4v) is 5.59. The number of hydrogen-bond donors (Lipinski definition) is 0. The van der Waals surface area contributed by atoms with Crippen molar-refractivity contribution in [1.29, 1.82) is 0 Å². The average Bonchev–Trinajstić information content (AvgIpc) is 2.74. The van der Waals surface area contributed by atoms with E-state index in [2.05, 4.69) is 0 Å². The lowest BCUT2D eigenvalue weighted by molar-refractivity contribution is -0.123. The van der Waals surface area contributed by atoms with Gasteiger partial charge in [-0.1, -0.05) is 12.1 Å². The van der Waals surface area contributed by atoms with Crippen molar-refractivity contribution >= 4 is 21.6 Å². The summed E-state index contributed by atoms with van der Waals surface area (Å²) in [7, 11) is -0.542. The van der Waals surface area contributed by atoms with Crippen molar-refractivity contribution in [3.63, 3.8) is 0 Å². The van der Waals surface area contributed by atoms with Gasteiger partial charge in [-0.15, -0.1) is 0 Å². The van der Waals surface area contributed by atoms with Crippen molar-refractivity contribution in [2.24, 2.45) is 5.92 Å². The van der Waals surface area contributed by atoms with E-state index in [0.717, 1.165) is 16.8 Å². The number of anilines is 1. The van der Waals surface area contributed by atoms with Crippen LogP contribution >= 0.6 is 0 Å². The number of ether oxygens (including phenoxy) is 1. The molecule has 1 amide bonds. The highest BCUT2D eigenvalue weighted by atomic mass is 32.2. The van der Waals surface area contributed by atoms with Crippen molar-refractivity contribution in [3.05, 3.63) is 53.1 Å². The van der Waals surface area contributed by atoms with Gasteiger partial charge in [-0.2, -0.15) is 4.31 Å². The first-order valence-electron chi connectivity index (χ1n) is 10.1. The molecule has 1 heterocycles. The van der Waals surface area contributed by atoms with Crippen LogP contribution in [-0.2, 0) is 14.8 Å². The Bertz CT molecular complexity index is 1050. The summed E-state index contributed by atoms with van der Waals surface area (Å²) < 4.78 is 33.4. The number of benzene rings is 2. The molecule has 0 aliphatic carbocycles. The quantitative estimate of drug-likeness (QED) is 0.726. The summed E-state index contributed by atoms with van der Waals surface area (Å²) in [6.45, 7) is 6.47. The number of rotatable bonds is 5. The van der Waals surface area contributed by atoms with E-state index in [1.54, 1.807) is 24.1 Å². The number of sulfonamides is 1. The Balaban J connectivity index is 1.83. The van der Waals surface area contributed by atoms with E-state index < -0.39 is 10.0 Å². The van der Waals surface area contributed by atoms with Gasteiger partial charge in [0.1, 0.15) is 10.6 Å². The molecule has 7 heteroatoms. The third kappa shape index (κ3) is 4.37. The minimum Gasteiger partial charge on any atom is -0.495 e. The Morgan fingerprint density at radius 1 is 1.10 bits per heavy atom. The number of carbonyl (C=O) groups excluding carboxylic acids is 1. The molecule has 0 unspecified atom stereocenters. The van der Waals surface area contributed by atoms with Crippen LogP contribution in [0, 0.1) is 26.7 Å². The number of hydrogen-bond acceptors (Lipinski definition) is 4. The molecule has 162 valence electrons. The lowest BCUT2D eigenvalue weighted by Crippen LogP contribution is -2.46. The molecule has 2 aromatic carbocycles. The van der Waals surface area contributed by atoms with E-state index >= 15 is 0 Å². The molecule has 1 saturated heterocycles. The Labute approximate surface area is 179 Å². The van der Waals surface area contributed by atoms with E-state index in [-0.39, 0.29) is 23.3 Å². The molecule has 1 aliphatic rings. The number of nitrogens with zero attached hydrogens (tertiary/aromatic N) is 2. The molecule has 0 N–H and O–H groups in total. The third-order valence-electron chi connectivity index (χ3n) is 5.88. The van der Waals surface area contributed by atoms with Gasteiger partial charge in [-0.05, 0) is 74.6 Å². The van der Waals surface area contributed by atoms with Crippen LogP contribution in [-0.4, -0.2) is 45.9 Å². The first-order valence-corrected chi connectivity index (χ1v) is 11.6. The maximum atomic E-state index is 13.3. The number of carbonyl (C=O) groups is 1. The highest BCUT2D eigenvalue weighted by Crippen LogP contribution is 2.31. The van der Waals surface area contributed by atoms with E-state index in [4.69, 9.17) is 4.74 Å². The lowest BCUT2D eigenvalue weighted by atomic mass is 9.98. The fourth-order valence-electron chi connectivity index (χ4n) is 3.82. The molecule has 3 rings (SSSR count). The maximum absolute atomic E-state index is 13.3. The van der Waals surface area contributed by atoms with Crippen molar-refractivity contribution in [2.45, 2.75) is 38.5 Å². The molecular weight excluding hydrogens is 400 g/mol. The number of piperidine rings is 1. The largest absolute Gasteiger partial charge is 0.495 e. The topological polar surface area (TPSA) is 66.9 Å². The number of aryl methyl sites for hydroxylation is 3. The van der Waals surface area contributed by atoms with Crippen LogP contribution in [0.3, 0.4) is 0 Å². The second kappa shape index (κ2) is 8.78. The molecule has 30 heavy (non-hydrogen) atoms. The number of amides is 1. The van der Waals surface area contributed by atoms with Crippen LogP contribution < -0.4 is 9.64 Å². The molecule has 2 aromatic rings. The molecule has 0 bridgehead atoms. The van der Waals surface area contributed by atoms with E-state index in [9.17, 15) is 13.2 Å². The van der Waals surface area contributed by atoms with Gasteiger partial charge in [-0.25, -0.2) is 8.42 Å². The van der Waals surface area contributed by atoms with Gasteiger partial charge in [-0.3, -0.25) is 4.79 Å². The highest BCUT2D eigenvalue weighted by molar-refractivity contribution is 7.89. The summed E-state index contributed by atoms with van der Waals surface area (Å²) in [5.41, 5.74) is 3.95. The summed E-state index contributed by atoms with van der Waals surface area (Å²) in [6, 6.07) is 11.0. The van der Waals surface area contributed by atoms with E-state index in [1.807, 2.05) is 45.0 Å². The van der Waals surface area contributed by atoms with Gasteiger partial charge in [0, 0.05) is 25.8 Å². The van der Waals surface area contributed by atoms with Gasteiger partial charge in [0.15, 0.2) is 0 Å². The second-order valence-corrected chi connectivity index (χ2v) is 9.93. The van der Waals surface area contributed by atoms with Crippen LogP contribution in [0.25, 0.3) is 0 Å². The average molecular weight is 431 g/mol. The van der Waals surface area contributed by atoms with Gasteiger partial charge in [0.05, 0.1) is 13.0 Å². The van der Waals surface area contributed by atoms with Crippen LogP contribution in [0.5, 0.6) is 5.75 Å². The Kier molecular flexibility index (Phi) is 6.53. The molecule has 0 radical (unpaired) electrons. The second-order valence-electron chi connectivity index (χ2n) is 8.02. The Morgan fingerprint density at radius 2 is 1.83 bits per heavy atom. The highest BCUT2D eigenvalue weighted by Gasteiger charge is 2.36.